The SMILES string of the molecule is CNCCCN1C(=O)C(c2ccc(Cl)cc2)Sc2ccc3ccccc3c21. The van der Waals surface area contributed by atoms with Gasteiger partial charge in [0, 0.05) is 21.8 Å². The lowest BCUT2D eigenvalue weighted by Crippen LogP contribution is -2.39. The van der Waals surface area contributed by atoms with Gasteiger partial charge in [0.1, 0.15) is 5.25 Å². The summed E-state index contributed by atoms with van der Waals surface area (Å²) in [6.07, 6.45) is 0.906. The monoisotopic (exact) mass is 396 g/mol. The molecule has 5 heteroatoms. The molecule has 1 aliphatic heterocycles. The van der Waals surface area contributed by atoms with E-state index >= 15 is 0 Å². The summed E-state index contributed by atoms with van der Waals surface area (Å²) in [7, 11) is 1.94. The molecule has 27 heavy (non-hydrogen) atoms. The fourth-order valence-corrected chi connectivity index (χ4v) is 4.90. The minimum absolute atomic E-state index is 0.141. The molecule has 1 heterocycles. The average Bonchev–Trinajstić information content (AvgIpc) is 2.70. The van der Waals surface area contributed by atoms with E-state index in [2.05, 4.69) is 29.6 Å². The van der Waals surface area contributed by atoms with Crippen LogP contribution < -0.4 is 10.2 Å². The van der Waals surface area contributed by atoms with E-state index in [0.717, 1.165) is 39.9 Å². The highest BCUT2D eigenvalue weighted by Gasteiger charge is 2.35. The number of halogens is 1. The van der Waals surface area contributed by atoms with Crippen LogP contribution in [0, 0.1) is 0 Å². The molecule has 1 atom stereocenters. The third-order valence-corrected chi connectivity index (χ3v) is 6.39. The molecule has 4 rings (SSSR count). The Hall–Kier alpha value is -2.01. The van der Waals surface area contributed by atoms with E-state index in [1.54, 1.807) is 11.8 Å². The van der Waals surface area contributed by atoms with Crippen LogP contribution in [0.5, 0.6) is 0 Å². The second kappa shape index (κ2) is 7.93. The number of fused-ring (bicyclic) bond motifs is 3. The predicted octanol–water partition coefficient (Wildman–Crippen LogP) is 5.28. The molecule has 3 nitrogen and oxygen atoms in total. The van der Waals surface area contributed by atoms with E-state index in [4.69, 9.17) is 11.6 Å². The van der Waals surface area contributed by atoms with Crippen LogP contribution >= 0.6 is 23.4 Å². The molecule has 0 aromatic heterocycles. The number of nitrogens with zero attached hydrogens (tertiary/aromatic N) is 1. The summed E-state index contributed by atoms with van der Waals surface area (Å²) < 4.78 is 0. The lowest BCUT2D eigenvalue weighted by molar-refractivity contribution is -0.118. The summed E-state index contributed by atoms with van der Waals surface area (Å²) in [6, 6.07) is 20.2. The summed E-state index contributed by atoms with van der Waals surface area (Å²) in [5.74, 6) is 0.141. The van der Waals surface area contributed by atoms with Gasteiger partial charge in [0.05, 0.1) is 5.69 Å². The average molecular weight is 397 g/mol. The molecular formula is C22H21ClN2OS. The summed E-state index contributed by atoms with van der Waals surface area (Å²) in [4.78, 5) is 16.6. The van der Waals surface area contributed by atoms with E-state index in [0.29, 0.717) is 11.6 Å². The molecule has 1 aliphatic rings. The van der Waals surface area contributed by atoms with E-state index in [1.807, 2.05) is 48.3 Å². The smallest absolute Gasteiger partial charge is 0.245 e. The molecule has 3 aromatic carbocycles. The van der Waals surface area contributed by atoms with Gasteiger partial charge in [0.2, 0.25) is 5.91 Å². The first-order chi connectivity index (χ1) is 13.2. The van der Waals surface area contributed by atoms with Crippen molar-refractivity contribution in [1.29, 1.82) is 0 Å². The lowest BCUT2D eigenvalue weighted by atomic mass is 10.1. The van der Waals surface area contributed by atoms with E-state index in [-0.39, 0.29) is 11.2 Å². The van der Waals surface area contributed by atoms with Gasteiger partial charge in [-0.2, -0.15) is 0 Å². The third kappa shape index (κ3) is 3.57. The Balaban J connectivity index is 1.80. The van der Waals surface area contributed by atoms with E-state index in [1.165, 1.54) is 0 Å². The minimum atomic E-state index is -0.245. The van der Waals surface area contributed by atoms with Crippen molar-refractivity contribution in [3.05, 3.63) is 71.2 Å². The fraction of sp³-hybridized carbons (Fsp3) is 0.227. The van der Waals surface area contributed by atoms with Crippen molar-refractivity contribution in [2.24, 2.45) is 0 Å². The molecule has 0 saturated heterocycles. The summed E-state index contributed by atoms with van der Waals surface area (Å²) >= 11 is 7.67. The molecular weight excluding hydrogens is 376 g/mol. The van der Waals surface area contributed by atoms with Gasteiger partial charge in [-0.25, -0.2) is 0 Å². The molecule has 0 aliphatic carbocycles. The summed E-state index contributed by atoms with van der Waals surface area (Å²) in [6.45, 7) is 1.58. The Morgan fingerprint density at radius 2 is 1.85 bits per heavy atom. The van der Waals surface area contributed by atoms with E-state index in [9.17, 15) is 4.79 Å². The molecule has 3 aromatic rings. The zero-order chi connectivity index (χ0) is 18.8. The maximum atomic E-state index is 13.5. The minimum Gasteiger partial charge on any atom is -0.320 e. The normalized spacial score (nSPS) is 16.6. The molecule has 138 valence electrons. The van der Waals surface area contributed by atoms with Crippen molar-refractivity contribution in [3.63, 3.8) is 0 Å². The number of carbonyl (C=O) groups excluding carboxylic acids is 1. The van der Waals surface area contributed by atoms with Crippen LogP contribution in [-0.2, 0) is 4.79 Å². The van der Waals surface area contributed by atoms with Crippen molar-refractivity contribution in [3.8, 4) is 0 Å². The van der Waals surface area contributed by atoms with Crippen LogP contribution in [0.25, 0.3) is 10.8 Å². The van der Waals surface area contributed by atoms with Gasteiger partial charge in [-0.05, 0) is 49.2 Å². The number of hydrogen-bond acceptors (Lipinski definition) is 3. The number of carbonyl (C=O) groups is 1. The number of hydrogen-bond donors (Lipinski definition) is 1. The largest absolute Gasteiger partial charge is 0.320 e. The zero-order valence-electron chi connectivity index (χ0n) is 15.1. The number of rotatable bonds is 5. The van der Waals surface area contributed by atoms with Crippen LogP contribution in [0.15, 0.2) is 65.6 Å². The first-order valence-corrected chi connectivity index (χ1v) is 10.3. The predicted molar refractivity (Wildman–Crippen MR) is 115 cm³/mol. The van der Waals surface area contributed by atoms with Crippen LogP contribution in [-0.4, -0.2) is 26.0 Å². The Morgan fingerprint density at radius 1 is 1.07 bits per heavy atom. The Kier molecular flexibility index (Phi) is 5.39. The van der Waals surface area contributed by atoms with Crippen LogP contribution in [0.3, 0.4) is 0 Å². The highest BCUT2D eigenvalue weighted by molar-refractivity contribution is 8.00. The van der Waals surface area contributed by atoms with Crippen LogP contribution in [0.2, 0.25) is 5.02 Å². The number of amides is 1. The maximum absolute atomic E-state index is 13.5. The maximum Gasteiger partial charge on any atom is 0.245 e. The van der Waals surface area contributed by atoms with Gasteiger partial charge < -0.3 is 10.2 Å². The van der Waals surface area contributed by atoms with Crippen molar-refractivity contribution in [2.45, 2.75) is 16.6 Å². The van der Waals surface area contributed by atoms with Crippen molar-refractivity contribution >= 4 is 45.7 Å². The number of thioether (sulfide) groups is 1. The molecule has 0 fully saturated rings. The van der Waals surface area contributed by atoms with Gasteiger partial charge >= 0.3 is 0 Å². The number of nitrogens with one attached hydrogen (secondary N) is 1. The van der Waals surface area contributed by atoms with Gasteiger partial charge in [-0.3, -0.25) is 4.79 Å². The summed E-state index contributed by atoms with van der Waals surface area (Å²) in [5.41, 5.74) is 2.04. The van der Waals surface area contributed by atoms with E-state index < -0.39 is 0 Å². The van der Waals surface area contributed by atoms with Crippen molar-refractivity contribution < 1.29 is 4.79 Å². The van der Waals surface area contributed by atoms with Crippen LogP contribution in [0.1, 0.15) is 17.2 Å². The first kappa shape index (κ1) is 18.4. The Morgan fingerprint density at radius 3 is 2.63 bits per heavy atom. The number of anilines is 1. The second-order valence-corrected chi connectivity index (χ2v) is 8.21. The molecule has 0 bridgehead atoms. The van der Waals surface area contributed by atoms with Crippen molar-refractivity contribution in [1.82, 2.24) is 5.32 Å². The van der Waals surface area contributed by atoms with Gasteiger partial charge in [0.25, 0.3) is 0 Å². The third-order valence-electron chi connectivity index (χ3n) is 4.85. The van der Waals surface area contributed by atoms with Crippen LogP contribution in [0.4, 0.5) is 5.69 Å². The topological polar surface area (TPSA) is 32.3 Å². The van der Waals surface area contributed by atoms with Gasteiger partial charge in [0.15, 0.2) is 0 Å². The first-order valence-electron chi connectivity index (χ1n) is 9.09. The highest BCUT2D eigenvalue weighted by Crippen LogP contribution is 2.49. The lowest BCUT2D eigenvalue weighted by Gasteiger charge is -2.35. The Bertz CT molecular complexity index is 974. The molecule has 0 saturated carbocycles. The van der Waals surface area contributed by atoms with Gasteiger partial charge in [-0.15, -0.1) is 11.8 Å². The highest BCUT2D eigenvalue weighted by atomic mass is 35.5. The number of benzene rings is 3. The molecule has 1 N–H and O–H groups in total. The second-order valence-electron chi connectivity index (χ2n) is 6.63. The molecule has 1 amide bonds. The Labute approximate surface area is 168 Å². The fourth-order valence-electron chi connectivity index (χ4n) is 3.52. The zero-order valence-corrected chi connectivity index (χ0v) is 16.7. The molecule has 0 spiro atoms. The quantitative estimate of drug-likeness (QED) is 0.595. The molecule has 1 unspecified atom stereocenters. The standard InChI is InChI=1S/C22H21ClN2OS/c1-24-13-4-14-25-20-18-6-3-2-5-15(18)9-12-19(20)27-21(22(25)26)16-7-10-17(23)11-8-16/h2-3,5-12,21,24H,4,13-14H2,1H3. The van der Waals surface area contributed by atoms with Crippen molar-refractivity contribution in [2.75, 3.05) is 25.0 Å². The summed E-state index contributed by atoms with van der Waals surface area (Å²) in [5, 5.41) is 5.91. The molecule has 0 radical (unpaired) electrons. The van der Waals surface area contributed by atoms with Gasteiger partial charge in [-0.1, -0.05) is 54.1 Å².